The summed E-state index contributed by atoms with van der Waals surface area (Å²) >= 11 is 3.45. The third kappa shape index (κ3) is 2.71. The summed E-state index contributed by atoms with van der Waals surface area (Å²) in [7, 11) is 1.74. The maximum atomic E-state index is 5.79. The van der Waals surface area contributed by atoms with Crippen LogP contribution in [0.5, 0.6) is 0 Å². The van der Waals surface area contributed by atoms with Gasteiger partial charge in [-0.3, -0.25) is 0 Å². The van der Waals surface area contributed by atoms with Gasteiger partial charge in [0, 0.05) is 19.0 Å². The number of halogens is 1. The predicted molar refractivity (Wildman–Crippen MR) is 52.8 cm³/mol. The Kier molecular flexibility index (Phi) is 4.54. The van der Waals surface area contributed by atoms with Gasteiger partial charge < -0.3 is 9.47 Å². The van der Waals surface area contributed by atoms with Crippen LogP contribution < -0.4 is 0 Å². The average molecular weight is 237 g/mol. The van der Waals surface area contributed by atoms with Crippen LogP contribution in [0.1, 0.15) is 25.7 Å². The number of rotatable bonds is 4. The predicted octanol–water partition coefficient (Wildman–Crippen LogP) is 2.36. The minimum Gasteiger partial charge on any atom is -0.382 e. The van der Waals surface area contributed by atoms with E-state index in [-0.39, 0.29) is 5.60 Å². The first-order valence-corrected chi connectivity index (χ1v) is 5.64. The lowest BCUT2D eigenvalue weighted by atomic mass is 9.92. The van der Waals surface area contributed by atoms with E-state index in [9.17, 15) is 0 Å². The van der Waals surface area contributed by atoms with Crippen LogP contribution in [0, 0.1) is 0 Å². The first-order valence-electron chi connectivity index (χ1n) is 4.52. The Morgan fingerprint density at radius 1 is 1.50 bits per heavy atom. The molecule has 3 heteroatoms. The first kappa shape index (κ1) is 10.5. The molecule has 1 fully saturated rings. The summed E-state index contributed by atoms with van der Waals surface area (Å²) in [5, 5.41) is 0.996. The van der Waals surface area contributed by atoms with Crippen LogP contribution in [0.4, 0.5) is 0 Å². The molecular formula is C9H17BrO2. The van der Waals surface area contributed by atoms with Crippen molar-refractivity contribution in [3.63, 3.8) is 0 Å². The van der Waals surface area contributed by atoms with E-state index < -0.39 is 0 Å². The van der Waals surface area contributed by atoms with Crippen molar-refractivity contribution in [1.82, 2.24) is 0 Å². The van der Waals surface area contributed by atoms with Gasteiger partial charge in [-0.1, -0.05) is 15.9 Å². The summed E-state index contributed by atoms with van der Waals surface area (Å²) in [6.07, 6.45) is 4.68. The van der Waals surface area contributed by atoms with Crippen molar-refractivity contribution in [3.05, 3.63) is 0 Å². The molecule has 1 aliphatic rings. The van der Waals surface area contributed by atoms with Crippen molar-refractivity contribution in [2.45, 2.75) is 31.3 Å². The molecule has 0 spiro atoms. The van der Waals surface area contributed by atoms with Crippen molar-refractivity contribution in [2.24, 2.45) is 0 Å². The fourth-order valence-electron chi connectivity index (χ4n) is 1.73. The van der Waals surface area contributed by atoms with Crippen molar-refractivity contribution in [2.75, 3.05) is 25.7 Å². The molecule has 0 amide bonds. The molecule has 1 atom stereocenters. The molecule has 0 aliphatic carbocycles. The second-order valence-corrected chi connectivity index (χ2v) is 4.15. The van der Waals surface area contributed by atoms with Gasteiger partial charge in [-0.15, -0.1) is 0 Å². The first-order chi connectivity index (χ1) is 5.83. The highest BCUT2D eigenvalue weighted by atomic mass is 79.9. The second-order valence-electron chi connectivity index (χ2n) is 3.36. The normalized spacial score (nSPS) is 30.5. The maximum Gasteiger partial charge on any atom is 0.0922 e. The third-order valence-electron chi connectivity index (χ3n) is 2.39. The number of hydrogen-bond acceptors (Lipinski definition) is 2. The number of methoxy groups -OCH3 is 1. The summed E-state index contributed by atoms with van der Waals surface area (Å²) in [5.41, 5.74) is 0.0104. The van der Waals surface area contributed by atoms with Gasteiger partial charge in [0.15, 0.2) is 0 Å². The van der Waals surface area contributed by atoms with Crippen LogP contribution in [0.2, 0.25) is 0 Å². The molecule has 0 aromatic heterocycles. The standard InChI is InChI=1S/C9H17BrO2/c1-11-8-9(5-6-10)4-2-3-7-12-9/h2-8H2,1H3. The Bertz CT molecular complexity index is 106. The van der Waals surface area contributed by atoms with E-state index in [0.29, 0.717) is 0 Å². The van der Waals surface area contributed by atoms with Gasteiger partial charge in [-0.05, 0) is 25.7 Å². The van der Waals surface area contributed by atoms with Gasteiger partial charge in [0.05, 0.1) is 12.2 Å². The van der Waals surface area contributed by atoms with Crippen LogP contribution in [0.15, 0.2) is 0 Å². The van der Waals surface area contributed by atoms with E-state index in [1.165, 1.54) is 12.8 Å². The van der Waals surface area contributed by atoms with Crippen molar-refractivity contribution >= 4 is 15.9 Å². The molecule has 0 aromatic rings. The van der Waals surface area contributed by atoms with E-state index >= 15 is 0 Å². The Hall–Kier alpha value is 0.400. The van der Waals surface area contributed by atoms with Crippen LogP contribution in [0.3, 0.4) is 0 Å². The largest absolute Gasteiger partial charge is 0.382 e. The lowest BCUT2D eigenvalue weighted by Crippen LogP contribution is -2.41. The number of ether oxygens (including phenoxy) is 2. The van der Waals surface area contributed by atoms with Gasteiger partial charge in [-0.2, -0.15) is 0 Å². The number of hydrogen-bond donors (Lipinski definition) is 0. The molecule has 12 heavy (non-hydrogen) atoms. The minimum absolute atomic E-state index is 0.0104. The fraction of sp³-hybridized carbons (Fsp3) is 1.00. The molecule has 1 heterocycles. The van der Waals surface area contributed by atoms with Crippen molar-refractivity contribution in [1.29, 1.82) is 0 Å². The Labute approximate surface area is 82.7 Å². The summed E-state index contributed by atoms with van der Waals surface area (Å²) in [6, 6.07) is 0. The Balaban J connectivity index is 2.44. The molecule has 1 unspecified atom stereocenters. The zero-order chi connectivity index (χ0) is 8.86. The van der Waals surface area contributed by atoms with Gasteiger partial charge in [0.2, 0.25) is 0 Å². The van der Waals surface area contributed by atoms with E-state index in [0.717, 1.165) is 31.4 Å². The van der Waals surface area contributed by atoms with Gasteiger partial charge in [0.1, 0.15) is 0 Å². The van der Waals surface area contributed by atoms with Crippen molar-refractivity contribution < 1.29 is 9.47 Å². The van der Waals surface area contributed by atoms with Crippen LogP contribution in [-0.2, 0) is 9.47 Å². The molecule has 0 N–H and O–H groups in total. The Morgan fingerprint density at radius 3 is 2.83 bits per heavy atom. The molecule has 0 radical (unpaired) electrons. The van der Waals surface area contributed by atoms with E-state index in [1.807, 2.05) is 0 Å². The molecule has 1 saturated heterocycles. The number of alkyl halides is 1. The van der Waals surface area contributed by atoms with E-state index in [2.05, 4.69) is 15.9 Å². The van der Waals surface area contributed by atoms with E-state index in [1.54, 1.807) is 7.11 Å². The monoisotopic (exact) mass is 236 g/mol. The van der Waals surface area contributed by atoms with Gasteiger partial charge >= 0.3 is 0 Å². The molecular weight excluding hydrogens is 220 g/mol. The maximum absolute atomic E-state index is 5.79. The molecule has 1 aliphatic heterocycles. The van der Waals surface area contributed by atoms with Crippen molar-refractivity contribution in [3.8, 4) is 0 Å². The summed E-state index contributed by atoms with van der Waals surface area (Å²) < 4.78 is 11.0. The Morgan fingerprint density at radius 2 is 2.33 bits per heavy atom. The fourth-order valence-corrected chi connectivity index (χ4v) is 2.45. The van der Waals surface area contributed by atoms with Gasteiger partial charge in [-0.25, -0.2) is 0 Å². The van der Waals surface area contributed by atoms with Crippen LogP contribution in [-0.4, -0.2) is 31.3 Å². The highest BCUT2D eigenvalue weighted by Crippen LogP contribution is 2.29. The van der Waals surface area contributed by atoms with Gasteiger partial charge in [0.25, 0.3) is 0 Å². The molecule has 2 nitrogen and oxygen atoms in total. The molecule has 72 valence electrons. The SMILES string of the molecule is COCC1(CCBr)CCCCO1. The molecule has 0 bridgehead atoms. The minimum atomic E-state index is 0.0104. The molecule has 0 saturated carbocycles. The second kappa shape index (κ2) is 5.20. The summed E-state index contributed by atoms with van der Waals surface area (Å²) in [4.78, 5) is 0. The summed E-state index contributed by atoms with van der Waals surface area (Å²) in [5.74, 6) is 0. The highest BCUT2D eigenvalue weighted by Gasteiger charge is 2.32. The highest BCUT2D eigenvalue weighted by molar-refractivity contribution is 9.09. The quantitative estimate of drug-likeness (QED) is 0.699. The van der Waals surface area contributed by atoms with E-state index in [4.69, 9.17) is 9.47 Å². The van der Waals surface area contributed by atoms with Crippen LogP contribution in [0.25, 0.3) is 0 Å². The molecule has 1 rings (SSSR count). The zero-order valence-corrected chi connectivity index (χ0v) is 9.23. The molecule has 0 aromatic carbocycles. The van der Waals surface area contributed by atoms with Crippen LogP contribution >= 0.6 is 15.9 Å². The zero-order valence-electron chi connectivity index (χ0n) is 7.64. The lowest BCUT2D eigenvalue weighted by Gasteiger charge is -2.36. The smallest absolute Gasteiger partial charge is 0.0922 e. The average Bonchev–Trinajstić information content (AvgIpc) is 2.07. The third-order valence-corrected chi connectivity index (χ3v) is 2.79. The lowest BCUT2D eigenvalue weighted by molar-refractivity contribution is -0.116. The topological polar surface area (TPSA) is 18.5 Å². The summed E-state index contributed by atoms with van der Waals surface area (Å²) in [6.45, 7) is 1.63.